The highest BCUT2D eigenvalue weighted by atomic mass is 79.9. The first-order valence-electron chi connectivity index (χ1n) is 6.65. The van der Waals surface area contributed by atoms with Crippen molar-refractivity contribution < 1.29 is 9.53 Å². The summed E-state index contributed by atoms with van der Waals surface area (Å²) in [5.74, 6) is 0.373. The minimum absolute atomic E-state index is 0.136. The molecule has 0 heterocycles. The van der Waals surface area contributed by atoms with Crippen molar-refractivity contribution in [3.63, 3.8) is 0 Å². The summed E-state index contributed by atoms with van der Waals surface area (Å²) in [7, 11) is 0. The van der Waals surface area contributed by atoms with Crippen LogP contribution in [0.4, 0.5) is 5.69 Å². The number of ether oxygens (including phenoxy) is 1. The van der Waals surface area contributed by atoms with Gasteiger partial charge in [0, 0.05) is 22.1 Å². The van der Waals surface area contributed by atoms with Gasteiger partial charge in [-0.25, -0.2) is 0 Å². The average molecular weight is 349 g/mol. The Balaban J connectivity index is 2.14. The second-order valence-corrected chi connectivity index (χ2v) is 5.35. The van der Waals surface area contributed by atoms with Crippen LogP contribution in [0.3, 0.4) is 0 Å². The molecule has 2 aromatic rings. The maximum Gasteiger partial charge on any atom is 0.251 e. The van der Waals surface area contributed by atoms with E-state index in [1.54, 1.807) is 18.2 Å². The van der Waals surface area contributed by atoms with E-state index in [1.165, 1.54) is 0 Å². The first-order valence-corrected chi connectivity index (χ1v) is 7.45. The third-order valence-electron chi connectivity index (χ3n) is 2.95. The standard InChI is InChI=1S/C16H17BrN2O2/c1-2-19-16(20)11-7-8-14(18)15(9-11)21-10-12-5-3-4-6-13(12)17/h3-9H,2,10,18H2,1H3,(H,19,20). The van der Waals surface area contributed by atoms with Gasteiger partial charge in [0.15, 0.2) is 0 Å². The molecule has 0 atom stereocenters. The van der Waals surface area contributed by atoms with Gasteiger partial charge in [0.25, 0.3) is 5.91 Å². The van der Waals surface area contributed by atoms with E-state index in [9.17, 15) is 4.79 Å². The lowest BCUT2D eigenvalue weighted by Crippen LogP contribution is -2.22. The summed E-state index contributed by atoms with van der Waals surface area (Å²) in [6, 6.07) is 12.8. The molecular formula is C16H17BrN2O2. The Morgan fingerprint density at radius 2 is 2.05 bits per heavy atom. The van der Waals surface area contributed by atoms with Crippen molar-refractivity contribution in [3.8, 4) is 5.75 Å². The summed E-state index contributed by atoms with van der Waals surface area (Å²) in [5.41, 5.74) is 7.96. The molecule has 5 heteroatoms. The Morgan fingerprint density at radius 1 is 1.29 bits per heavy atom. The number of hydrogen-bond donors (Lipinski definition) is 2. The van der Waals surface area contributed by atoms with Gasteiger partial charge in [0.1, 0.15) is 12.4 Å². The Labute approximate surface area is 132 Å². The summed E-state index contributed by atoms with van der Waals surface area (Å²) in [6.07, 6.45) is 0. The van der Waals surface area contributed by atoms with E-state index in [0.29, 0.717) is 30.2 Å². The highest BCUT2D eigenvalue weighted by Crippen LogP contribution is 2.25. The monoisotopic (exact) mass is 348 g/mol. The predicted molar refractivity (Wildman–Crippen MR) is 87.3 cm³/mol. The Bertz CT molecular complexity index is 644. The molecule has 3 N–H and O–H groups in total. The van der Waals surface area contributed by atoms with Crippen LogP contribution in [0.1, 0.15) is 22.8 Å². The summed E-state index contributed by atoms with van der Waals surface area (Å²) in [6.45, 7) is 2.83. The van der Waals surface area contributed by atoms with Crippen molar-refractivity contribution in [2.24, 2.45) is 0 Å². The maximum atomic E-state index is 11.8. The maximum absolute atomic E-state index is 11.8. The molecule has 0 bridgehead atoms. The number of benzene rings is 2. The number of halogens is 1. The van der Waals surface area contributed by atoms with Crippen LogP contribution in [-0.2, 0) is 6.61 Å². The van der Waals surface area contributed by atoms with E-state index in [4.69, 9.17) is 10.5 Å². The van der Waals surface area contributed by atoms with Gasteiger partial charge in [-0.2, -0.15) is 0 Å². The normalized spacial score (nSPS) is 10.2. The van der Waals surface area contributed by atoms with Gasteiger partial charge in [-0.3, -0.25) is 4.79 Å². The first kappa shape index (κ1) is 15.4. The molecule has 21 heavy (non-hydrogen) atoms. The molecule has 110 valence electrons. The predicted octanol–water partition coefficient (Wildman–Crippen LogP) is 3.36. The minimum atomic E-state index is -0.136. The lowest BCUT2D eigenvalue weighted by Gasteiger charge is -2.11. The van der Waals surface area contributed by atoms with Gasteiger partial charge in [0.2, 0.25) is 0 Å². The zero-order valence-electron chi connectivity index (χ0n) is 11.7. The molecule has 1 amide bonds. The van der Waals surface area contributed by atoms with Gasteiger partial charge >= 0.3 is 0 Å². The largest absolute Gasteiger partial charge is 0.487 e. The van der Waals surface area contributed by atoms with Crippen LogP contribution in [0.5, 0.6) is 5.75 Å². The fourth-order valence-corrected chi connectivity index (χ4v) is 2.23. The molecule has 0 unspecified atom stereocenters. The van der Waals surface area contributed by atoms with E-state index in [2.05, 4.69) is 21.2 Å². The highest BCUT2D eigenvalue weighted by Gasteiger charge is 2.09. The van der Waals surface area contributed by atoms with E-state index in [1.807, 2.05) is 31.2 Å². The van der Waals surface area contributed by atoms with Crippen LogP contribution >= 0.6 is 15.9 Å². The number of nitrogens with one attached hydrogen (secondary N) is 1. The van der Waals surface area contributed by atoms with Crippen molar-refractivity contribution in [1.29, 1.82) is 0 Å². The molecule has 0 spiro atoms. The van der Waals surface area contributed by atoms with Crippen molar-refractivity contribution in [2.75, 3.05) is 12.3 Å². The van der Waals surface area contributed by atoms with Crippen LogP contribution in [0.25, 0.3) is 0 Å². The molecule has 0 fully saturated rings. The number of amides is 1. The van der Waals surface area contributed by atoms with E-state index in [0.717, 1.165) is 10.0 Å². The number of hydrogen-bond acceptors (Lipinski definition) is 3. The van der Waals surface area contributed by atoms with Gasteiger partial charge in [-0.05, 0) is 31.2 Å². The van der Waals surface area contributed by atoms with Crippen LogP contribution < -0.4 is 15.8 Å². The fraction of sp³-hybridized carbons (Fsp3) is 0.188. The van der Waals surface area contributed by atoms with Gasteiger partial charge in [-0.1, -0.05) is 34.1 Å². The Morgan fingerprint density at radius 3 is 2.76 bits per heavy atom. The number of nitrogen functional groups attached to an aromatic ring is 1. The highest BCUT2D eigenvalue weighted by molar-refractivity contribution is 9.10. The fourth-order valence-electron chi connectivity index (χ4n) is 1.83. The molecule has 0 aliphatic carbocycles. The molecule has 2 aromatic carbocycles. The Hall–Kier alpha value is -2.01. The van der Waals surface area contributed by atoms with Crippen LogP contribution in [0.15, 0.2) is 46.9 Å². The van der Waals surface area contributed by atoms with Gasteiger partial charge < -0.3 is 15.8 Å². The lowest BCUT2D eigenvalue weighted by molar-refractivity contribution is 0.0955. The van der Waals surface area contributed by atoms with E-state index >= 15 is 0 Å². The summed E-state index contributed by atoms with van der Waals surface area (Å²) in [4.78, 5) is 11.8. The van der Waals surface area contributed by atoms with Crippen molar-refractivity contribution in [1.82, 2.24) is 5.32 Å². The van der Waals surface area contributed by atoms with Crippen molar-refractivity contribution >= 4 is 27.5 Å². The zero-order valence-corrected chi connectivity index (χ0v) is 13.3. The second-order valence-electron chi connectivity index (χ2n) is 4.49. The summed E-state index contributed by atoms with van der Waals surface area (Å²) in [5, 5.41) is 2.75. The molecule has 2 rings (SSSR count). The first-order chi connectivity index (χ1) is 10.1. The zero-order chi connectivity index (χ0) is 15.2. The van der Waals surface area contributed by atoms with E-state index < -0.39 is 0 Å². The molecule has 0 saturated heterocycles. The number of carbonyl (C=O) groups is 1. The Kier molecular flexibility index (Phi) is 5.22. The second kappa shape index (κ2) is 7.13. The number of rotatable bonds is 5. The molecule has 0 aliphatic rings. The molecular weight excluding hydrogens is 332 g/mol. The van der Waals surface area contributed by atoms with E-state index in [-0.39, 0.29) is 5.91 Å². The van der Waals surface area contributed by atoms with Crippen LogP contribution in [-0.4, -0.2) is 12.5 Å². The lowest BCUT2D eigenvalue weighted by atomic mass is 10.1. The summed E-state index contributed by atoms with van der Waals surface area (Å²) < 4.78 is 6.71. The van der Waals surface area contributed by atoms with Crippen molar-refractivity contribution in [3.05, 3.63) is 58.1 Å². The van der Waals surface area contributed by atoms with Crippen molar-refractivity contribution in [2.45, 2.75) is 13.5 Å². The number of nitrogens with two attached hydrogens (primary N) is 1. The molecule has 4 nitrogen and oxygen atoms in total. The summed E-state index contributed by atoms with van der Waals surface area (Å²) >= 11 is 3.47. The SMILES string of the molecule is CCNC(=O)c1ccc(N)c(OCc2ccccc2Br)c1. The van der Waals surface area contributed by atoms with Crippen LogP contribution in [0, 0.1) is 0 Å². The third kappa shape index (κ3) is 3.98. The number of carbonyl (C=O) groups excluding carboxylic acids is 1. The van der Waals surface area contributed by atoms with Gasteiger partial charge in [0.05, 0.1) is 5.69 Å². The smallest absolute Gasteiger partial charge is 0.251 e. The molecule has 0 radical (unpaired) electrons. The third-order valence-corrected chi connectivity index (χ3v) is 3.73. The topological polar surface area (TPSA) is 64.4 Å². The minimum Gasteiger partial charge on any atom is -0.487 e. The van der Waals surface area contributed by atoms with Gasteiger partial charge in [-0.15, -0.1) is 0 Å². The van der Waals surface area contributed by atoms with Crippen LogP contribution in [0.2, 0.25) is 0 Å². The average Bonchev–Trinajstić information content (AvgIpc) is 2.48. The molecule has 0 aliphatic heterocycles. The molecule has 0 aromatic heterocycles. The number of anilines is 1. The quantitative estimate of drug-likeness (QED) is 0.814. The molecule has 0 saturated carbocycles.